The van der Waals surface area contributed by atoms with Gasteiger partial charge in [0, 0.05) is 0 Å². The molecule has 0 saturated heterocycles. The summed E-state index contributed by atoms with van der Waals surface area (Å²) < 4.78 is 5.61. The highest BCUT2D eigenvalue weighted by Gasteiger charge is 2.17. The standard InChI is InChI=1S/C12H15ClO/c1-8(2)10-6-5-9-4-3-7-14-12(9)11(10)13/h5-6,8H,3-4,7H2,1-2H3. The lowest BCUT2D eigenvalue weighted by Crippen LogP contribution is -2.09. The topological polar surface area (TPSA) is 9.23 Å². The Kier molecular flexibility index (Phi) is 2.69. The number of fused-ring (bicyclic) bond motifs is 1. The molecule has 76 valence electrons. The number of aryl methyl sites for hydroxylation is 1. The molecule has 0 atom stereocenters. The van der Waals surface area contributed by atoms with Crippen LogP contribution >= 0.6 is 11.6 Å². The molecule has 2 heteroatoms. The predicted molar refractivity (Wildman–Crippen MR) is 59.4 cm³/mol. The van der Waals surface area contributed by atoms with Gasteiger partial charge in [0.05, 0.1) is 11.6 Å². The zero-order valence-electron chi connectivity index (χ0n) is 8.64. The van der Waals surface area contributed by atoms with Crippen LogP contribution in [0.5, 0.6) is 5.75 Å². The van der Waals surface area contributed by atoms with E-state index in [1.165, 1.54) is 11.1 Å². The third-order valence-corrected chi connectivity index (χ3v) is 3.06. The first-order chi connectivity index (χ1) is 6.70. The summed E-state index contributed by atoms with van der Waals surface area (Å²) in [5.41, 5.74) is 2.44. The third kappa shape index (κ3) is 1.61. The van der Waals surface area contributed by atoms with E-state index < -0.39 is 0 Å². The van der Waals surface area contributed by atoms with E-state index in [4.69, 9.17) is 16.3 Å². The molecule has 1 aliphatic heterocycles. The Bertz CT molecular complexity index is 344. The molecule has 0 aromatic heterocycles. The van der Waals surface area contributed by atoms with Crippen LogP contribution in [-0.4, -0.2) is 6.61 Å². The van der Waals surface area contributed by atoms with E-state index in [1.807, 2.05) is 0 Å². The molecule has 1 aromatic carbocycles. The SMILES string of the molecule is CC(C)c1ccc2c(c1Cl)OCCC2. The first kappa shape index (κ1) is 9.85. The maximum absolute atomic E-state index is 6.30. The average Bonchev–Trinajstić information content (AvgIpc) is 2.18. The first-order valence-corrected chi connectivity index (χ1v) is 5.52. The van der Waals surface area contributed by atoms with Crippen LogP contribution in [0.15, 0.2) is 12.1 Å². The normalized spacial score (nSPS) is 15.1. The molecule has 0 amide bonds. The highest BCUT2D eigenvalue weighted by atomic mass is 35.5. The van der Waals surface area contributed by atoms with Gasteiger partial charge in [-0.1, -0.05) is 37.6 Å². The summed E-state index contributed by atoms with van der Waals surface area (Å²) in [4.78, 5) is 0. The number of hydrogen-bond donors (Lipinski definition) is 0. The summed E-state index contributed by atoms with van der Waals surface area (Å²) in [6.07, 6.45) is 2.19. The van der Waals surface area contributed by atoms with Gasteiger partial charge in [-0.25, -0.2) is 0 Å². The molecule has 14 heavy (non-hydrogen) atoms. The van der Waals surface area contributed by atoms with E-state index in [-0.39, 0.29) is 0 Å². The Balaban J connectivity index is 2.49. The second kappa shape index (κ2) is 3.82. The molecular weight excluding hydrogens is 196 g/mol. The van der Waals surface area contributed by atoms with Crippen molar-refractivity contribution in [2.75, 3.05) is 6.61 Å². The van der Waals surface area contributed by atoms with E-state index in [2.05, 4.69) is 26.0 Å². The summed E-state index contributed by atoms with van der Waals surface area (Å²) in [6, 6.07) is 4.27. The minimum atomic E-state index is 0.457. The average molecular weight is 211 g/mol. The smallest absolute Gasteiger partial charge is 0.141 e. The molecule has 1 nitrogen and oxygen atoms in total. The molecule has 1 aromatic rings. The molecule has 0 radical (unpaired) electrons. The van der Waals surface area contributed by atoms with Crippen molar-refractivity contribution in [3.8, 4) is 5.75 Å². The van der Waals surface area contributed by atoms with Gasteiger partial charge in [0.1, 0.15) is 5.75 Å². The summed E-state index contributed by atoms with van der Waals surface area (Å²) in [6.45, 7) is 5.10. The predicted octanol–water partition coefficient (Wildman–Crippen LogP) is 3.79. The molecule has 0 unspecified atom stereocenters. The maximum atomic E-state index is 6.30. The molecule has 1 aliphatic rings. The van der Waals surface area contributed by atoms with Gasteiger partial charge in [-0.15, -0.1) is 0 Å². The number of rotatable bonds is 1. The fraction of sp³-hybridized carbons (Fsp3) is 0.500. The van der Waals surface area contributed by atoms with Crippen LogP contribution in [0.4, 0.5) is 0 Å². The van der Waals surface area contributed by atoms with E-state index in [9.17, 15) is 0 Å². The minimum Gasteiger partial charge on any atom is -0.492 e. The molecule has 1 heterocycles. The second-order valence-electron chi connectivity index (χ2n) is 4.06. The van der Waals surface area contributed by atoms with E-state index >= 15 is 0 Å². The van der Waals surface area contributed by atoms with Crippen molar-refractivity contribution >= 4 is 11.6 Å². The third-order valence-electron chi connectivity index (χ3n) is 2.67. The maximum Gasteiger partial charge on any atom is 0.141 e. The molecule has 0 fully saturated rings. The minimum absolute atomic E-state index is 0.457. The van der Waals surface area contributed by atoms with Gasteiger partial charge in [-0.05, 0) is 29.9 Å². The second-order valence-corrected chi connectivity index (χ2v) is 4.44. The van der Waals surface area contributed by atoms with Crippen molar-refractivity contribution in [1.82, 2.24) is 0 Å². The van der Waals surface area contributed by atoms with Gasteiger partial charge < -0.3 is 4.74 Å². The molecular formula is C12H15ClO. The van der Waals surface area contributed by atoms with Crippen molar-refractivity contribution in [3.05, 3.63) is 28.3 Å². The fourth-order valence-corrected chi connectivity index (χ4v) is 2.30. The lowest BCUT2D eigenvalue weighted by atomic mass is 9.98. The Morgan fingerprint density at radius 2 is 2.14 bits per heavy atom. The number of halogens is 1. The van der Waals surface area contributed by atoms with Gasteiger partial charge in [0.15, 0.2) is 0 Å². The zero-order chi connectivity index (χ0) is 10.1. The summed E-state index contributed by atoms with van der Waals surface area (Å²) in [5, 5.41) is 0.817. The quantitative estimate of drug-likeness (QED) is 0.686. The van der Waals surface area contributed by atoms with Crippen molar-refractivity contribution in [2.24, 2.45) is 0 Å². The molecule has 0 bridgehead atoms. The van der Waals surface area contributed by atoms with Gasteiger partial charge >= 0.3 is 0 Å². The van der Waals surface area contributed by atoms with Crippen LogP contribution in [0.2, 0.25) is 5.02 Å². The van der Waals surface area contributed by atoms with Gasteiger partial charge in [0.25, 0.3) is 0 Å². The summed E-state index contributed by atoms with van der Waals surface area (Å²) in [7, 11) is 0. The Morgan fingerprint density at radius 1 is 1.36 bits per heavy atom. The summed E-state index contributed by atoms with van der Waals surface area (Å²) in [5.74, 6) is 1.38. The lowest BCUT2D eigenvalue weighted by molar-refractivity contribution is 0.288. The van der Waals surface area contributed by atoms with E-state index in [1.54, 1.807) is 0 Å². The Hall–Kier alpha value is -0.690. The van der Waals surface area contributed by atoms with Crippen LogP contribution in [0, 0.1) is 0 Å². The highest BCUT2D eigenvalue weighted by Crippen LogP contribution is 2.38. The van der Waals surface area contributed by atoms with Crippen LogP contribution < -0.4 is 4.74 Å². The van der Waals surface area contributed by atoms with Crippen molar-refractivity contribution in [3.63, 3.8) is 0 Å². The van der Waals surface area contributed by atoms with Crippen LogP contribution in [0.25, 0.3) is 0 Å². The van der Waals surface area contributed by atoms with Crippen molar-refractivity contribution in [2.45, 2.75) is 32.6 Å². The Labute approximate surface area is 90.0 Å². The summed E-state index contributed by atoms with van der Waals surface area (Å²) >= 11 is 6.30. The highest BCUT2D eigenvalue weighted by molar-refractivity contribution is 6.33. The largest absolute Gasteiger partial charge is 0.492 e. The molecule has 2 rings (SSSR count). The number of benzene rings is 1. The van der Waals surface area contributed by atoms with Crippen LogP contribution in [-0.2, 0) is 6.42 Å². The van der Waals surface area contributed by atoms with Crippen molar-refractivity contribution in [1.29, 1.82) is 0 Å². The number of ether oxygens (including phenoxy) is 1. The zero-order valence-corrected chi connectivity index (χ0v) is 9.40. The van der Waals surface area contributed by atoms with Crippen LogP contribution in [0.1, 0.15) is 37.3 Å². The molecule has 0 N–H and O–H groups in total. The van der Waals surface area contributed by atoms with Gasteiger partial charge in [0.2, 0.25) is 0 Å². The van der Waals surface area contributed by atoms with Crippen molar-refractivity contribution < 1.29 is 4.74 Å². The van der Waals surface area contributed by atoms with E-state index in [0.717, 1.165) is 30.2 Å². The van der Waals surface area contributed by atoms with E-state index in [0.29, 0.717) is 5.92 Å². The molecule has 0 spiro atoms. The first-order valence-electron chi connectivity index (χ1n) is 5.14. The Morgan fingerprint density at radius 3 is 2.86 bits per heavy atom. The molecule has 0 saturated carbocycles. The van der Waals surface area contributed by atoms with Gasteiger partial charge in [-0.2, -0.15) is 0 Å². The molecule has 0 aliphatic carbocycles. The fourth-order valence-electron chi connectivity index (χ4n) is 1.85. The van der Waals surface area contributed by atoms with Crippen LogP contribution in [0.3, 0.4) is 0 Å². The lowest BCUT2D eigenvalue weighted by Gasteiger charge is -2.21. The number of hydrogen-bond acceptors (Lipinski definition) is 1. The van der Waals surface area contributed by atoms with Gasteiger partial charge in [-0.3, -0.25) is 0 Å². The monoisotopic (exact) mass is 210 g/mol.